The molecule has 0 aliphatic carbocycles. The van der Waals surface area contributed by atoms with E-state index in [9.17, 15) is 4.79 Å². The van der Waals surface area contributed by atoms with Crippen LogP contribution in [0.1, 0.15) is 22.3 Å². The molecule has 22 heavy (non-hydrogen) atoms. The van der Waals surface area contributed by atoms with Gasteiger partial charge in [0.15, 0.2) is 0 Å². The number of hydrogen-bond acceptors (Lipinski definition) is 2. The Bertz CT molecular complexity index is 639. The zero-order valence-corrected chi connectivity index (χ0v) is 13.0. The lowest BCUT2D eigenvalue weighted by Gasteiger charge is -2.18. The molecule has 1 heterocycles. The topological polar surface area (TPSA) is 32.3 Å². The highest BCUT2D eigenvalue weighted by molar-refractivity contribution is 5.95. The molecule has 3 nitrogen and oxygen atoms in total. The number of carbonyl (C=O) groups excluding carboxylic acids is 1. The maximum absolute atomic E-state index is 12.2. The highest BCUT2D eigenvalue weighted by atomic mass is 16.1. The standard InChI is InChI=1S/C19H22N2O/c1-15-7-5-6-10-18(15)19(22)20-13-16-11-12-21(14-16)17-8-3-2-4-9-17/h2-10,16H,11-14H2,1H3,(H,20,22). The lowest BCUT2D eigenvalue weighted by atomic mass is 10.1. The molecule has 1 N–H and O–H groups in total. The van der Waals surface area contributed by atoms with Crippen LogP contribution in [0.25, 0.3) is 0 Å². The summed E-state index contributed by atoms with van der Waals surface area (Å²) in [6.07, 6.45) is 1.13. The second kappa shape index (κ2) is 6.65. The molecule has 1 atom stereocenters. The molecule has 1 fully saturated rings. The van der Waals surface area contributed by atoms with Gasteiger partial charge in [0.2, 0.25) is 0 Å². The molecule has 1 unspecified atom stereocenters. The largest absolute Gasteiger partial charge is 0.371 e. The van der Waals surface area contributed by atoms with Gasteiger partial charge in [0.25, 0.3) is 5.91 Å². The summed E-state index contributed by atoms with van der Waals surface area (Å²) in [7, 11) is 0. The molecule has 2 aromatic carbocycles. The van der Waals surface area contributed by atoms with Crippen LogP contribution in [0, 0.1) is 12.8 Å². The van der Waals surface area contributed by atoms with Gasteiger partial charge in [0.1, 0.15) is 0 Å². The Kier molecular flexibility index (Phi) is 4.42. The van der Waals surface area contributed by atoms with Gasteiger partial charge in [0.05, 0.1) is 0 Å². The minimum Gasteiger partial charge on any atom is -0.371 e. The molecule has 1 aliphatic rings. The Morgan fingerprint density at radius 2 is 1.86 bits per heavy atom. The highest BCUT2D eigenvalue weighted by Crippen LogP contribution is 2.23. The third kappa shape index (κ3) is 3.30. The molecule has 3 heteroatoms. The van der Waals surface area contributed by atoms with Gasteiger partial charge >= 0.3 is 0 Å². The van der Waals surface area contributed by atoms with Gasteiger partial charge in [-0.3, -0.25) is 4.79 Å². The first-order chi connectivity index (χ1) is 10.7. The Morgan fingerprint density at radius 3 is 2.64 bits per heavy atom. The lowest BCUT2D eigenvalue weighted by molar-refractivity contribution is 0.0947. The predicted octanol–water partition coefficient (Wildman–Crippen LogP) is 3.25. The number of anilines is 1. The number of rotatable bonds is 4. The van der Waals surface area contributed by atoms with Crippen molar-refractivity contribution in [1.29, 1.82) is 0 Å². The summed E-state index contributed by atoms with van der Waals surface area (Å²) >= 11 is 0. The van der Waals surface area contributed by atoms with Gasteiger partial charge in [-0.25, -0.2) is 0 Å². The smallest absolute Gasteiger partial charge is 0.251 e. The van der Waals surface area contributed by atoms with E-state index >= 15 is 0 Å². The van der Waals surface area contributed by atoms with Crippen LogP contribution in [-0.4, -0.2) is 25.5 Å². The van der Waals surface area contributed by atoms with E-state index in [2.05, 4.69) is 34.5 Å². The minimum absolute atomic E-state index is 0.0382. The summed E-state index contributed by atoms with van der Waals surface area (Å²) in [5.41, 5.74) is 3.08. The van der Waals surface area contributed by atoms with E-state index < -0.39 is 0 Å². The van der Waals surface area contributed by atoms with Gasteiger partial charge in [-0.2, -0.15) is 0 Å². The summed E-state index contributed by atoms with van der Waals surface area (Å²) < 4.78 is 0. The van der Waals surface area contributed by atoms with Crippen molar-refractivity contribution in [2.24, 2.45) is 5.92 Å². The quantitative estimate of drug-likeness (QED) is 0.939. The number of benzene rings is 2. The SMILES string of the molecule is Cc1ccccc1C(=O)NCC1CCN(c2ccccc2)C1. The summed E-state index contributed by atoms with van der Waals surface area (Å²) in [5.74, 6) is 0.560. The number of nitrogens with one attached hydrogen (secondary N) is 1. The second-order valence-electron chi connectivity index (χ2n) is 5.96. The van der Waals surface area contributed by atoms with Crippen LogP contribution in [-0.2, 0) is 0 Å². The third-order valence-corrected chi connectivity index (χ3v) is 4.35. The maximum atomic E-state index is 12.2. The molecule has 0 aromatic heterocycles. The number of para-hydroxylation sites is 1. The fourth-order valence-corrected chi connectivity index (χ4v) is 3.03. The fourth-order valence-electron chi connectivity index (χ4n) is 3.03. The average molecular weight is 294 g/mol. The first kappa shape index (κ1) is 14.6. The molecule has 1 amide bonds. The van der Waals surface area contributed by atoms with E-state index in [-0.39, 0.29) is 5.91 Å². The van der Waals surface area contributed by atoms with Gasteiger partial charge in [0, 0.05) is 30.9 Å². The molecule has 1 saturated heterocycles. The predicted molar refractivity (Wildman–Crippen MR) is 90.3 cm³/mol. The molecule has 3 rings (SSSR count). The van der Waals surface area contributed by atoms with Crippen molar-refractivity contribution >= 4 is 11.6 Å². The van der Waals surface area contributed by atoms with Gasteiger partial charge < -0.3 is 10.2 Å². The molecule has 2 aromatic rings. The number of aryl methyl sites for hydroxylation is 1. The van der Waals surface area contributed by atoms with Gasteiger partial charge in [-0.1, -0.05) is 36.4 Å². The van der Waals surface area contributed by atoms with Crippen LogP contribution < -0.4 is 10.2 Å². The maximum Gasteiger partial charge on any atom is 0.251 e. The van der Waals surface area contributed by atoms with Gasteiger partial charge in [-0.05, 0) is 43.0 Å². The van der Waals surface area contributed by atoms with E-state index in [1.54, 1.807) is 0 Å². The number of nitrogens with zero attached hydrogens (tertiary/aromatic N) is 1. The molecule has 0 radical (unpaired) electrons. The lowest BCUT2D eigenvalue weighted by Crippen LogP contribution is -2.31. The van der Waals surface area contributed by atoms with E-state index in [0.29, 0.717) is 5.92 Å². The second-order valence-corrected chi connectivity index (χ2v) is 5.96. The highest BCUT2D eigenvalue weighted by Gasteiger charge is 2.23. The summed E-state index contributed by atoms with van der Waals surface area (Å²) in [6, 6.07) is 18.2. The first-order valence-electron chi connectivity index (χ1n) is 7.88. The van der Waals surface area contributed by atoms with Crippen LogP contribution in [0.2, 0.25) is 0 Å². The van der Waals surface area contributed by atoms with Gasteiger partial charge in [-0.15, -0.1) is 0 Å². The van der Waals surface area contributed by atoms with E-state index in [4.69, 9.17) is 0 Å². The Balaban J connectivity index is 1.53. The van der Waals surface area contributed by atoms with Crippen molar-refractivity contribution < 1.29 is 4.79 Å². The number of carbonyl (C=O) groups is 1. The Labute approximate surface area is 132 Å². The average Bonchev–Trinajstić information content (AvgIpc) is 3.03. The molecule has 0 saturated carbocycles. The van der Waals surface area contributed by atoms with E-state index in [1.165, 1.54) is 5.69 Å². The van der Waals surface area contributed by atoms with Crippen molar-refractivity contribution in [3.63, 3.8) is 0 Å². The minimum atomic E-state index is 0.0382. The molecular weight excluding hydrogens is 272 g/mol. The van der Waals surface area contributed by atoms with Crippen molar-refractivity contribution in [1.82, 2.24) is 5.32 Å². The number of hydrogen-bond donors (Lipinski definition) is 1. The van der Waals surface area contributed by atoms with E-state index in [1.807, 2.05) is 37.3 Å². The number of amides is 1. The monoisotopic (exact) mass is 294 g/mol. The first-order valence-corrected chi connectivity index (χ1v) is 7.88. The summed E-state index contributed by atoms with van der Waals surface area (Å²) in [5, 5.41) is 3.09. The van der Waals surface area contributed by atoms with Crippen LogP contribution in [0.3, 0.4) is 0 Å². The van der Waals surface area contributed by atoms with Crippen LogP contribution in [0.5, 0.6) is 0 Å². The van der Waals surface area contributed by atoms with Crippen LogP contribution in [0.15, 0.2) is 54.6 Å². The Hall–Kier alpha value is -2.29. The van der Waals surface area contributed by atoms with Crippen LogP contribution in [0.4, 0.5) is 5.69 Å². The van der Waals surface area contributed by atoms with E-state index in [0.717, 1.165) is 37.2 Å². The molecular formula is C19H22N2O. The molecule has 0 bridgehead atoms. The Morgan fingerprint density at radius 1 is 1.14 bits per heavy atom. The molecule has 114 valence electrons. The van der Waals surface area contributed by atoms with Crippen molar-refractivity contribution in [2.75, 3.05) is 24.5 Å². The molecule has 1 aliphatic heterocycles. The van der Waals surface area contributed by atoms with Crippen LogP contribution >= 0.6 is 0 Å². The molecule has 0 spiro atoms. The van der Waals surface area contributed by atoms with Crippen molar-refractivity contribution in [2.45, 2.75) is 13.3 Å². The zero-order valence-electron chi connectivity index (χ0n) is 13.0. The summed E-state index contributed by atoms with van der Waals surface area (Å²) in [6.45, 7) is 4.80. The summed E-state index contributed by atoms with van der Waals surface area (Å²) in [4.78, 5) is 14.6. The third-order valence-electron chi connectivity index (χ3n) is 4.35. The zero-order chi connectivity index (χ0) is 15.4. The normalized spacial score (nSPS) is 17.5. The van der Waals surface area contributed by atoms with Crippen molar-refractivity contribution in [3.05, 3.63) is 65.7 Å². The van der Waals surface area contributed by atoms with Crippen molar-refractivity contribution in [3.8, 4) is 0 Å². The fraction of sp³-hybridized carbons (Fsp3) is 0.316.